The summed E-state index contributed by atoms with van der Waals surface area (Å²) in [6.45, 7) is 0. The fourth-order valence-corrected chi connectivity index (χ4v) is 2.79. The van der Waals surface area contributed by atoms with E-state index in [1.807, 2.05) is 0 Å². The zero-order valence-electron chi connectivity index (χ0n) is 12.3. The van der Waals surface area contributed by atoms with E-state index < -0.39 is 11.4 Å². The molecule has 2 heterocycles. The third-order valence-corrected chi connectivity index (χ3v) is 3.91. The van der Waals surface area contributed by atoms with Gasteiger partial charge < -0.3 is 15.7 Å². The van der Waals surface area contributed by atoms with Gasteiger partial charge in [-0.25, -0.2) is 9.37 Å². The third-order valence-electron chi connectivity index (χ3n) is 3.91. The minimum atomic E-state index is -0.526. The van der Waals surface area contributed by atoms with Gasteiger partial charge in [-0.15, -0.1) is 0 Å². The summed E-state index contributed by atoms with van der Waals surface area (Å²) in [5.74, 6) is -0.307. The van der Waals surface area contributed by atoms with Gasteiger partial charge in [0.15, 0.2) is 0 Å². The summed E-state index contributed by atoms with van der Waals surface area (Å²) in [4.78, 5) is 33.2. The number of carbonyl (C=O) groups excluding carboxylic acids is 1. The smallest absolute Gasteiger partial charge is 0.261 e. The SMILES string of the molecule is Nc1c(-c2nc3ccc(C=O)cc3[nH]2)c(=O)[nH]c2cccc(F)c12. The van der Waals surface area contributed by atoms with Gasteiger partial charge in [-0.05, 0) is 30.3 Å². The predicted octanol–water partition coefficient (Wildman–Crippen LogP) is 2.61. The Morgan fingerprint density at radius 1 is 1.12 bits per heavy atom. The fourth-order valence-electron chi connectivity index (χ4n) is 2.79. The lowest BCUT2D eigenvalue weighted by Gasteiger charge is -2.07. The number of pyridine rings is 1. The number of anilines is 1. The van der Waals surface area contributed by atoms with Gasteiger partial charge >= 0.3 is 0 Å². The van der Waals surface area contributed by atoms with E-state index in [-0.39, 0.29) is 22.5 Å². The van der Waals surface area contributed by atoms with Crippen LogP contribution in [0.4, 0.5) is 10.1 Å². The summed E-state index contributed by atoms with van der Waals surface area (Å²) < 4.78 is 14.1. The van der Waals surface area contributed by atoms with Gasteiger partial charge in [0.25, 0.3) is 5.56 Å². The Bertz CT molecular complexity index is 1180. The molecule has 0 unspecified atom stereocenters. The van der Waals surface area contributed by atoms with Crippen molar-refractivity contribution in [3.63, 3.8) is 0 Å². The van der Waals surface area contributed by atoms with Crippen molar-refractivity contribution in [1.29, 1.82) is 0 Å². The number of aldehydes is 1. The number of hydrogen-bond acceptors (Lipinski definition) is 4. The second-order valence-corrected chi connectivity index (χ2v) is 5.39. The van der Waals surface area contributed by atoms with Crippen LogP contribution in [0.3, 0.4) is 0 Å². The van der Waals surface area contributed by atoms with Crippen molar-refractivity contribution in [3.8, 4) is 11.4 Å². The van der Waals surface area contributed by atoms with E-state index in [2.05, 4.69) is 15.0 Å². The maximum atomic E-state index is 14.1. The van der Waals surface area contributed by atoms with Crippen molar-refractivity contribution in [2.24, 2.45) is 0 Å². The van der Waals surface area contributed by atoms with E-state index in [1.165, 1.54) is 12.1 Å². The Morgan fingerprint density at radius 3 is 2.75 bits per heavy atom. The molecule has 4 rings (SSSR count). The van der Waals surface area contributed by atoms with Crippen LogP contribution in [0, 0.1) is 5.82 Å². The van der Waals surface area contributed by atoms with Crippen LogP contribution in [0.2, 0.25) is 0 Å². The average Bonchev–Trinajstić information content (AvgIpc) is 2.96. The first-order valence-corrected chi connectivity index (χ1v) is 7.14. The van der Waals surface area contributed by atoms with E-state index in [1.54, 1.807) is 24.3 Å². The van der Waals surface area contributed by atoms with Crippen LogP contribution in [-0.4, -0.2) is 21.2 Å². The molecule has 0 aliphatic heterocycles. The minimum Gasteiger partial charge on any atom is -0.397 e. The minimum absolute atomic E-state index is 0.0153. The number of nitrogen functional groups attached to an aromatic ring is 1. The summed E-state index contributed by atoms with van der Waals surface area (Å²) >= 11 is 0. The number of nitrogens with zero attached hydrogens (tertiary/aromatic N) is 1. The lowest BCUT2D eigenvalue weighted by molar-refractivity contribution is 0.112. The number of halogens is 1. The highest BCUT2D eigenvalue weighted by Crippen LogP contribution is 2.29. The van der Waals surface area contributed by atoms with E-state index in [4.69, 9.17) is 5.73 Å². The second-order valence-electron chi connectivity index (χ2n) is 5.39. The van der Waals surface area contributed by atoms with Crippen LogP contribution in [-0.2, 0) is 0 Å². The molecule has 118 valence electrons. The van der Waals surface area contributed by atoms with Gasteiger partial charge in [0.05, 0.1) is 27.6 Å². The number of aromatic amines is 2. The molecule has 0 saturated heterocycles. The number of nitrogens with two attached hydrogens (primary N) is 1. The van der Waals surface area contributed by atoms with Crippen molar-refractivity contribution in [2.45, 2.75) is 0 Å². The third kappa shape index (κ3) is 1.98. The lowest BCUT2D eigenvalue weighted by atomic mass is 10.1. The molecule has 24 heavy (non-hydrogen) atoms. The molecule has 0 aliphatic rings. The highest BCUT2D eigenvalue weighted by molar-refractivity contribution is 5.98. The number of benzene rings is 2. The number of nitrogens with one attached hydrogen (secondary N) is 2. The van der Waals surface area contributed by atoms with Crippen LogP contribution in [0.1, 0.15) is 10.4 Å². The largest absolute Gasteiger partial charge is 0.397 e. The summed E-state index contributed by atoms with van der Waals surface area (Å²) in [6, 6.07) is 9.24. The Hall–Kier alpha value is -3.48. The fraction of sp³-hybridized carbons (Fsp3) is 0. The van der Waals surface area contributed by atoms with Gasteiger partial charge in [-0.3, -0.25) is 9.59 Å². The first-order valence-electron chi connectivity index (χ1n) is 7.14. The molecule has 0 amide bonds. The maximum absolute atomic E-state index is 14.1. The number of carbonyl (C=O) groups is 1. The van der Waals surface area contributed by atoms with E-state index in [9.17, 15) is 14.0 Å². The standard InChI is InChI=1S/C17H11FN4O2/c18-9-2-1-3-11-13(9)15(19)14(17(24)22-11)16-20-10-5-4-8(7-23)6-12(10)21-16/h1-7H,(H,20,21)(H3,19,22,24). The molecule has 4 N–H and O–H groups in total. The summed E-state index contributed by atoms with van der Waals surface area (Å²) in [5, 5.41) is 0.140. The normalized spacial score (nSPS) is 11.2. The number of rotatable bonds is 2. The Labute approximate surface area is 134 Å². The first-order chi connectivity index (χ1) is 11.6. The van der Waals surface area contributed by atoms with Crippen LogP contribution in [0.15, 0.2) is 41.2 Å². The molecule has 0 radical (unpaired) electrons. The molecule has 2 aromatic carbocycles. The first kappa shape index (κ1) is 14.1. The lowest BCUT2D eigenvalue weighted by Crippen LogP contribution is -2.13. The van der Waals surface area contributed by atoms with Gasteiger partial charge in [0.1, 0.15) is 23.5 Å². The van der Waals surface area contributed by atoms with Gasteiger partial charge in [-0.2, -0.15) is 0 Å². The predicted molar refractivity (Wildman–Crippen MR) is 89.4 cm³/mol. The molecule has 0 bridgehead atoms. The number of aromatic nitrogens is 3. The van der Waals surface area contributed by atoms with Crippen molar-refractivity contribution in [3.05, 3.63) is 58.1 Å². The summed E-state index contributed by atoms with van der Waals surface area (Å²) in [5.41, 5.74) is 7.62. The van der Waals surface area contributed by atoms with Crippen molar-refractivity contribution >= 4 is 33.9 Å². The molecule has 0 fully saturated rings. The van der Waals surface area contributed by atoms with Crippen molar-refractivity contribution < 1.29 is 9.18 Å². The zero-order valence-corrected chi connectivity index (χ0v) is 12.3. The summed E-state index contributed by atoms with van der Waals surface area (Å²) in [7, 11) is 0. The molecule has 0 aliphatic carbocycles. The van der Waals surface area contributed by atoms with E-state index >= 15 is 0 Å². The number of imidazole rings is 1. The number of H-pyrrole nitrogens is 2. The van der Waals surface area contributed by atoms with Crippen molar-refractivity contribution in [1.82, 2.24) is 15.0 Å². The van der Waals surface area contributed by atoms with Crippen LogP contribution >= 0.6 is 0 Å². The quantitative estimate of drug-likeness (QED) is 0.493. The van der Waals surface area contributed by atoms with Gasteiger partial charge in [0, 0.05) is 5.56 Å². The number of fused-ring (bicyclic) bond motifs is 2. The maximum Gasteiger partial charge on any atom is 0.261 e. The molecular formula is C17H11FN4O2. The zero-order chi connectivity index (χ0) is 16.8. The van der Waals surface area contributed by atoms with E-state index in [0.717, 1.165) is 0 Å². The van der Waals surface area contributed by atoms with Gasteiger partial charge in [-0.1, -0.05) is 6.07 Å². The highest BCUT2D eigenvalue weighted by Gasteiger charge is 2.17. The molecule has 0 atom stereocenters. The Balaban J connectivity index is 2.04. The van der Waals surface area contributed by atoms with Crippen molar-refractivity contribution in [2.75, 3.05) is 5.73 Å². The highest BCUT2D eigenvalue weighted by atomic mass is 19.1. The van der Waals surface area contributed by atoms with Crippen LogP contribution in [0.5, 0.6) is 0 Å². The monoisotopic (exact) mass is 322 g/mol. The Kier molecular flexibility index (Phi) is 2.96. The van der Waals surface area contributed by atoms with Crippen LogP contribution in [0.25, 0.3) is 33.3 Å². The molecule has 2 aromatic heterocycles. The molecule has 0 spiro atoms. The number of hydrogen-bond donors (Lipinski definition) is 3. The summed E-state index contributed by atoms with van der Waals surface area (Å²) in [6.07, 6.45) is 0.715. The van der Waals surface area contributed by atoms with Gasteiger partial charge in [0.2, 0.25) is 0 Å². The Morgan fingerprint density at radius 2 is 1.96 bits per heavy atom. The molecule has 0 saturated carbocycles. The topological polar surface area (TPSA) is 105 Å². The molecule has 6 nitrogen and oxygen atoms in total. The molecule has 4 aromatic rings. The molecular weight excluding hydrogens is 311 g/mol. The molecule has 7 heteroatoms. The van der Waals surface area contributed by atoms with E-state index in [0.29, 0.717) is 28.4 Å². The van der Waals surface area contributed by atoms with Crippen LogP contribution < -0.4 is 11.3 Å². The average molecular weight is 322 g/mol. The second kappa shape index (κ2) is 5.02.